The molecule has 7 fully saturated rings. The van der Waals surface area contributed by atoms with Gasteiger partial charge in [0.05, 0.1) is 41.5 Å². The largest absolute Gasteiger partial charge is 0.458 e. The summed E-state index contributed by atoms with van der Waals surface area (Å²) in [6.07, 6.45) is 0.531. The highest BCUT2D eigenvalue weighted by molar-refractivity contribution is 6.00. The molecule has 0 aromatic heterocycles. The van der Waals surface area contributed by atoms with Crippen molar-refractivity contribution in [2.45, 2.75) is 93.3 Å². The van der Waals surface area contributed by atoms with E-state index in [1.165, 1.54) is 13.0 Å². The van der Waals surface area contributed by atoms with Crippen LogP contribution in [0.1, 0.15) is 52.9 Å². The van der Waals surface area contributed by atoms with Gasteiger partial charge in [0.25, 0.3) is 0 Å². The standard InChI is InChI=1S/C28H32O11/c1-22-10-16-24(3)28-18(22)19(31)27(39-28,36-11-13(22)20(32)37-16)17-12(6-8-26(28,35)21(33)38-24)23(2)15(30)5-4-7-25(23,34)9-14(17)29/h4-5,12-14,16-18,29,34-35H,6-11H2,1-3H3/t12-,13-,14+,16+,17-,18+,22+,23-,24-,25-,26-,27+,28-/m0/s1. The van der Waals surface area contributed by atoms with Gasteiger partial charge in [-0.05, 0) is 56.9 Å². The number of esters is 2. The van der Waals surface area contributed by atoms with Crippen LogP contribution in [0.15, 0.2) is 12.2 Å². The van der Waals surface area contributed by atoms with Gasteiger partial charge in [0, 0.05) is 6.42 Å². The summed E-state index contributed by atoms with van der Waals surface area (Å²) in [5, 5.41) is 35.9. The summed E-state index contributed by atoms with van der Waals surface area (Å²) in [5.41, 5.74) is -10.2. The minimum atomic E-state index is -2.34. The van der Waals surface area contributed by atoms with E-state index in [1.54, 1.807) is 19.9 Å². The first-order chi connectivity index (χ1) is 18.2. The molecule has 8 aliphatic rings. The van der Waals surface area contributed by atoms with Gasteiger partial charge in [-0.1, -0.05) is 13.0 Å². The maximum atomic E-state index is 14.9. The molecule has 3 aliphatic carbocycles. The number of Topliss-reactive ketones (excluding diaryl/α,β-unsaturated/α-hetero) is 1. The molecule has 11 heteroatoms. The average Bonchev–Trinajstić information content (AvgIpc) is 3.17. The third-order valence-corrected chi connectivity index (χ3v) is 12.6. The smallest absolute Gasteiger partial charge is 0.342 e. The van der Waals surface area contributed by atoms with Crippen LogP contribution in [0.4, 0.5) is 0 Å². The Balaban J connectivity index is 1.44. The van der Waals surface area contributed by atoms with Crippen molar-refractivity contribution in [1.82, 2.24) is 0 Å². The lowest BCUT2D eigenvalue weighted by Gasteiger charge is -2.64. The number of aliphatic hydroxyl groups is 3. The second-order valence-electron chi connectivity index (χ2n) is 13.8. The van der Waals surface area contributed by atoms with Gasteiger partial charge in [0.2, 0.25) is 5.79 Å². The van der Waals surface area contributed by atoms with Crippen molar-refractivity contribution in [3.05, 3.63) is 12.2 Å². The van der Waals surface area contributed by atoms with Crippen molar-refractivity contribution in [2.24, 2.45) is 34.5 Å². The first-order valence-corrected chi connectivity index (χ1v) is 13.8. The van der Waals surface area contributed by atoms with Crippen LogP contribution in [-0.4, -0.2) is 85.8 Å². The predicted octanol–water partition coefficient (Wildman–Crippen LogP) is -0.277. The highest BCUT2D eigenvalue weighted by atomic mass is 16.8. The van der Waals surface area contributed by atoms with Gasteiger partial charge >= 0.3 is 11.9 Å². The molecule has 0 aromatic rings. The molecule has 2 saturated carbocycles. The second kappa shape index (κ2) is 6.49. The van der Waals surface area contributed by atoms with Crippen molar-refractivity contribution >= 4 is 23.5 Å². The van der Waals surface area contributed by atoms with Crippen molar-refractivity contribution < 1.29 is 53.4 Å². The van der Waals surface area contributed by atoms with Crippen LogP contribution < -0.4 is 0 Å². The zero-order valence-corrected chi connectivity index (χ0v) is 22.0. The Hall–Kier alpha value is -2.18. The van der Waals surface area contributed by atoms with E-state index in [9.17, 15) is 34.5 Å². The fourth-order valence-corrected chi connectivity index (χ4v) is 10.6. The number of allylic oxidation sites excluding steroid dienone is 1. The summed E-state index contributed by atoms with van der Waals surface area (Å²) in [4.78, 5) is 55.5. The summed E-state index contributed by atoms with van der Waals surface area (Å²) >= 11 is 0. The van der Waals surface area contributed by atoms with Crippen LogP contribution >= 0.6 is 0 Å². The molecular weight excluding hydrogens is 512 g/mol. The highest BCUT2D eigenvalue weighted by Gasteiger charge is 2.93. The topological polar surface area (TPSA) is 166 Å². The third kappa shape index (κ3) is 2.13. The van der Waals surface area contributed by atoms with Crippen LogP contribution in [0.3, 0.4) is 0 Å². The van der Waals surface area contributed by atoms with Gasteiger partial charge in [-0.15, -0.1) is 0 Å². The highest BCUT2D eigenvalue weighted by Crippen LogP contribution is 2.75. The number of aliphatic hydroxyl groups excluding tert-OH is 1. The summed E-state index contributed by atoms with van der Waals surface area (Å²) in [6, 6.07) is 0. The fourth-order valence-electron chi connectivity index (χ4n) is 10.6. The van der Waals surface area contributed by atoms with E-state index in [2.05, 4.69) is 0 Å². The van der Waals surface area contributed by atoms with Crippen molar-refractivity contribution in [2.75, 3.05) is 6.61 Å². The second-order valence-corrected chi connectivity index (χ2v) is 13.8. The van der Waals surface area contributed by atoms with Crippen molar-refractivity contribution in [3.63, 3.8) is 0 Å². The van der Waals surface area contributed by atoms with Crippen LogP contribution in [0.2, 0.25) is 0 Å². The number of hydrogen-bond acceptors (Lipinski definition) is 11. The average molecular weight is 545 g/mol. The quantitative estimate of drug-likeness (QED) is 0.344. The maximum Gasteiger partial charge on any atom is 0.342 e. The summed E-state index contributed by atoms with van der Waals surface area (Å²) in [5.74, 6) is -8.83. The molecule has 2 spiro atoms. The van der Waals surface area contributed by atoms with Crippen LogP contribution in [-0.2, 0) is 38.1 Å². The van der Waals surface area contributed by atoms with Gasteiger partial charge in [-0.2, -0.15) is 0 Å². The van der Waals surface area contributed by atoms with Crippen molar-refractivity contribution in [1.29, 1.82) is 0 Å². The predicted molar refractivity (Wildman–Crippen MR) is 125 cm³/mol. The normalized spacial score (nSPS) is 62.0. The SMILES string of the molecule is C[C@@]12C[C@H]3OC(=O)[C@@H]1CO[C@]14O[C@@]5([C@@H]2C1=O)[C@@]3(C)OC(=O)[C@@]5(O)CC[C@H]1[C@H]4[C@H](O)C[C@@]2(O)CC=CC(=O)[C@]12C. The molecule has 5 bridgehead atoms. The number of hydrogen-bond donors (Lipinski definition) is 3. The van der Waals surface area contributed by atoms with Gasteiger partial charge in [-0.25, -0.2) is 4.79 Å². The third-order valence-electron chi connectivity index (χ3n) is 12.6. The van der Waals surface area contributed by atoms with Crippen LogP contribution in [0, 0.1) is 34.5 Å². The molecule has 5 heterocycles. The fraction of sp³-hybridized carbons (Fsp3) is 0.786. The lowest BCUT2D eigenvalue weighted by molar-refractivity contribution is -0.385. The number of fused-ring (bicyclic) bond motifs is 5. The number of ketones is 2. The number of carbonyl (C=O) groups is 4. The Labute approximate surface area is 223 Å². The number of carbonyl (C=O) groups excluding carboxylic acids is 4. The summed E-state index contributed by atoms with van der Waals surface area (Å²) in [7, 11) is 0. The van der Waals surface area contributed by atoms with Crippen molar-refractivity contribution in [3.8, 4) is 0 Å². The molecule has 8 rings (SSSR count). The Morgan fingerprint density at radius 2 is 1.79 bits per heavy atom. The zero-order valence-electron chi connectivity index (χ0n) is 22.0. The molecule has 0 radical (unpaired) electrons. The molecule has 39 heavy (non-hydrogen) atoms. The molecule has 0 amide bonds. The molecular formula is C28H32O11. The van der Waals surface area contributed by atoms with Gasteiger partial charge < -0.3 is 34.3 Å². The van der Waals surface area contributed by atoms with E-state index in [0.717, 1.165) is 0 Å². The van der Waals surface area contributed by atoms with Gasteiger partial charge in [-0.3, -0.25) is 14.4 Å². The Kier molecular flexibility index (Phi) is 4.09. The van der Waals surface area contributed by atoms with Gasteiger partial charge in [0.15, 0.2) is 28.4 Å². The molecule has 5 saturated heterocycles. The van der Waals surface area contributed by atoms with E-state index >= 15 is 0 Å². The minimum Gasteiger partial charge on any atom is -0.458 e. The molecule has 13 atom stereocenters. The lowest BCUT2D eigenvalue weighted by atomic mass is 9.46. The molecule has 0 unspecified atom stereocenters. The number of ether oxygens (including phenoxy) is 4. The van der Waals surface area contributed by atoms with E-state index < -0.39 is 92.6 Å². The number of rotatable bonds is 0. The van der Waals surface area contributed by atoms with Crippen LogP contribution in [0.5, 0.6) is 0 Å². The molecule has 210 valence electrons. The summed E-state index contributed by atoms with van der Waals surface area (Å²) < 4.78 is 24.8. The first kappa shape index (κ1) is 24.6. The molecule has 5 aliphatic heterocycles. The van der Waals surface area contributed by atoms with E-state index in [0.29, 0.717) is 0 Å². The maximum absolute atomic E-state index is 14.9. The Morgan fingerprint density at radius 1 is 1.05 bits per heavy atom. The molecule has 11 nitrogen and oxygen atoms in total. The van der Waals surface area contributed by atoms with E-state index in [1.807, 2.05) is 0 Å². The van der Waals surface area contributed by atoms with E-state index in [4.69, 9.17) is 18.9 Å². The zero-order chi connectivity index (χ0) is 27.8. The minimum absolute atomic E-state index is 0.00259. The molecule has 0 aromatic carbocycles. The van der Waals surface area contributed by atoms with E-state index in [-0.39, 0.29) is 44.5 Å². The first-order valence-electron chi connectivity index (χ1n) is 13.8. The van der Waals surface area contributed by atoms with Gasteiger partial charge in [0.1, 0.15) is 6.10 Å². The lowest BCUT2D eigenvalue weighted by Crippen LogP contribution is -2.79. The molecule has 3 N–H and O–H groups in total. The Morgan fingerprint density at radius 3 is 2.54 bits per heavy atom. The van der Waals surface area contributed by atoms with Crippen LogP contribution in [0.25, 0.3) is 0 Å². The summed E-state index contributed by atoms with van der Waals surface area (Å²) in [6.45, 7) is 4.68. The Bertz CT molecular complexity index is 1330. The monoisotopic (exact) mass is 544 g/mol.